The van der Waals surface area contributed by atoms with E-state index in [-0.39, 0.29) is 16.8 Å². The van der Waals surface area contributed by atoms with Crippen molar-refractivity contribution in [2.75, 3.05) is 32.8 Å². The molecule has 5 rings (SSSR count). The first-order chi connectivity index (χ1) is 17.0. The number of fused-ring (bicyclic) bond motifs is 1. The normalized spacial score (nSPS) is 21.3. The van der Waals surface area contributed by atoms with Gasteiger partial charge in [0, 0.05) is 67.5 Å². The van der Waals surface area contributed by atoms with E-state index in [9.17, 15) is 9.50 Å². The van der Waals surface area contributed by atoms with Gasteiger partial charge in [0.2, 0.25) is 0 Å². The minimum atomic E-state index is -0.493. The van der Waals surface area contributed by atoms with E-state index in [1.165, 1.54) is 6.07 Å². The molecule has 2 aromatic heterocycles. The number of benzene rings is 1. The number of piperazine rings is 1. The number of hydrogen-bond acceptors (Lipinski definition) is 6. The highest BCUT2D eigenvalue weighted by Gasteiger charge is 2.43. The average molecular weight is 496 g/mol. The van der Waals surface area contributed by atoms with Gasteiger partial charge in [-0.2, -0.15) is 5.10 Å². The van der Waals surface area contributed by atoms with Crippen molar-refractivity contribution in [1.29, 1.82) is 0 Å². The second kappa shape index (κ2) is 9.39. The van der Waals surface area contributed by atoms with Gasteiger partial charge >= 0.3 is 0 Å². The van der Waals surface area contributed by atoms with Crippen molar-refractivity contribution in [1.82, 2.24) is 25.0 Å². The van der Waals surface area contributed by atoms with E-state index in [4.69, 9.17) is 4.74 Å². The molecule has 0 unspecified atom stereocenters. The number of nitrogens with zero attached hydrogens (tertiary/aromatic N) is 4. The van der Waals surface area contributed by atoms with Crippen molar-refractivity contribution >= 4 is 11.0 Å². The Labute approximate surface area is 212 Å². The van der Waals surface area contributed by atoms with Crippen LogP contribution in [0.5, 0.6) is 5.75 Å². The molecule has 0 atom stereocenters. The number of aromatic hydroxyl groups is 1. The number of phenolic OH excluding ortho intramolecular Hbond substituents is 1. The average Bonchev–Trinajstić information content (AvgIpc) is 3.18. The van der Waals surface area contributed by atoms with E-state index in [1.54, 1.807) is 6.07 Å². The van der Waals surface area contributed by atoms with Crippen LogP contribution < -0.4 is 0 Å². The smallest absolute Gasteiger partial charge is 0.156 e. The van der Waals surface area contributed by atoms with Gasteiger partial charge in [-0.05, 0) is 77.1 Å². The number of pyridine rings is 1. The molecule has 2 aliphatic heterocycles. The Kier molecular flexibility index (Phi) is 6.55. The third kappa shape index (κ3) is 4.86. The number of ether oxygens (including phenoxy) is 1. The van der Waals surface area contributed by atoms with Crippen molar-refractivity contribution in [3.8, 4) is 17.0 Å². The molecule has 7 nitrogen and oxygen atoms in total. The fourth-order valence-electron chi connectivity index (χ4n) is 5.84. The van der Waals surface area contributed by atoms with Crippen molar-refractivity contribution in [3.63, 3.8) is 0 Å². The van der Waals surface area contributed by atoms with Crippen LogP contribution in [0.2, 0.25) is 0 Å². The van der Waals surface area contributed by atoms with Crippen molar-refractivity contribution in [2.45, 2.75) is 65.1 Å². The fraction of sp³-hybridized carbons (Fsp3) is 0.571. The molecule has 0 aliphatic carbocycles. The molecule has 0 saturated carbocycles. The highest BCUT2D eigenvalue weighted by atomic mass is 19.1. The van der Waals surface area contributed by atoms with Gasteiger partial charge in [0.1, 0.15) is 11.6 Å². The highest BCUT2D eigenvalue weighted by molar-refractivity contribution is 5.84. The van der Waals surface area contributed by atoms with Crippen molar-refractivity contribution < 1.29 is 14.2 Å². The van der Waals surface area contributed by atoms with E-state index in [1.807, 2.05) is 13.0 Å². The third-order valence-electron chi connectivity index (χ3n) is 8.07. The molecular formula is C28H38FN5O2. The van der Waals surface area contributed by atoms with Crippen LogP contribution in [0.3, 0.4) is 0 Å². The van der Waals surface area contributed by atoms with Crippen LogP contribution in [0.1, 0.15) is 51.8 Å². The van der Waals surface area contributed by atoms with E-state index in [2.05, 4.69) is 52.7 Å². The number of phenols is 1. The molecule has 1 aromatic carbocycles. The van der Waals surface area contributed by atoms with Crippen molar-refractivity contribution in [3.05, 3.63) is 41.3 Å². The number of rotatable bonds is 5. The van der Waals surface area contributed by atoms with Crippen LogP contribution in [0.4, 0.5) is 4.39 Å². The maximum atomic E-state index is 14.7. The zero-order chi connectivity index (χ0) is 25.7. The van der Waals surface area contributed by atoms with Gasteiger partial charge in [0.05, 0.1) is 11.4 Å². The lowest BCUT2D eigenvalue weighted by atomic mass is 9.86. The predicted molar refractivity (Wildman–Crippen MR) is 139 cm³/mol. The Hall–Kier alpha value is -2.55. The first kappa shape index (κ1) is 25.1. The number of H-pyrrole nitrogens is 1. The molecule has 194 valence electrons. The zero-order valence-electron chi connectivity index (χ0n) is 22.1. The summed E-state index contributed by atoms with van der Waals surface area (Å²) in [5.74, 6) is 0.0984. The predicted octanol–water partition coefficient (Wildman–Crippen LogP) is 4.88. The Balaban J connectivity index is 1.46. The molecule has 36 heavy (non-hydrogen) atoms. The standard InChI is InChI=1S/C28H38FN5O2/c1-18-25-20(12-24(30-26(25)32-31-18)22-7-6-21(35)13-23(22)29)15-34-17-27(2,3)33(16-28(34,4)5)14-19-8-10-36-11-9-19/h6-7,12-13,19,35H,8-11,14-17H2,1-5H3,(H,30,31,32). The number of aryl methyl sites for hydroxylation is 1. The highest BCUT2D eigenvalue weighted by Crippen LogP contribution is 2.36. The summed E-state index contributed by atoms with van der Waals surface area (Å²) in [5.41, 5.74) is 3.51. The lowest BCUT2D eigenvalue weighted by molar-refractivity contribution is -0.0725. The zero-order valence-corrected chi connectivity index (χ0v) is 22.1. The van der Waals surface area contributed by atoms with E-state index in [0.29, 0.717) is 29.4 Å². The van der Waals surface area contributed by atoms with E-state index in [0.717, 1.165) is 68.4 Å². The van der Waals surface area contributed by atoms with E-state index >= 15 is 0 Å². The largest absolute Gasteiger partial charge is 0.508 e. The Morgan fingerprint density at radius 2 is 1.78 bits per heavy atom. The molecule has 2 N–H and O–H groups in total. The van der Waals surface area contributed by atoms with Crippen LogP contribution in [0, 0.1) is 18.7 Å². The summed E-state index contributed by atoms with van der Waals surface area (Å²) >= 11 is 0. The Bertz CT molecular complexity index is 1250. The monoisotopic (exact) mass is 495 g/mol. The van der Waals surface area contributed by atoms with Crippen molar-refractivity contribution in [2.24, 2.45) is 5.92 Å². The molecule has 4 heterocycles. The minimum Gasteiger partial charge on any atom is -0.508 e. The number of halogens is 1. The van der Waals surface area contributed by atoms with Gasteiger partial charge < -0.3 is 9.84 Å². The number of aromatic nitrogens is 3. The molecule has 0 radical (unpaired) electrons. The summed E-state index contributed by atoms with van der Waals surface area (Å²) in [6, 6.07) is 6.18. The molecule has 2 fully saturated rings. The van der Waals surface area contributed by atoms with Gasteiger partial charge in [-0.1, -0.05) is 0 Å². The topological polar surface area (TPSA) is 77.5 Å². The van der Waals surface area contributed by atoms with Crippen LogP contribution >= 0.6 is 0 Å². The molecule has 8 heteroatoms. The summed E-state index contributed by atoms with van der Waals surface area (Å²) in [5, 5.41) is 18.1. The van der Waals surface area contributed by atoms with Crippen LogP contribution in [-0.2, 0) is 11.3 Å². The van der Waals surface area contributed by atoms with Crippen LogP contribution in [0.25, 0.3) is 22.3 Å². The van der Waals surface area contributed by atoms with Gasteiger partial charge in [0.15, 0.2) is 5.65 Å². The summed E-state index contributed by atoms with van der Waals surface area (Å²) < 4.78 is 20.3. The van der Waals surface area contributed by atoms with Gasteiger partial charge in [-0.3, -0.25) is 14.9 Å². The maximum Gasteiger partial charge on any atom is 0.156 e. The molecule has 0 bridgehead atoms. The summed E-state index contributed by atoms with van der Waals surface area (Å²) in [7, 11) is 0. The molecule has 3 aromatic rings. The second-order valence-corrected chi connectivity index (χ2v) is 11.8. The Morgan fingerprint density at radius 3 is 2.50 bits per heavy atom. The summed E-state index contributed by atoms with van der Waals surface area (Å²) in [4.78, 5) is 9.89. The van der Waals surface area contributed by atoms with Gasteiger partial charge in [-0.15, -0.1) is 0 Å². The first-order valence-electron chi connectivity index (χ1n) is 12.9. The molecule has 0 amide bonds. The summed E-state index contributed by atoms with van der Waals surface area (Å²) in [6.07, 6.45) is 2.28. The first-order valence-corrected chi connectivity index (χ1v) is 12.9. The maximum absolute atomic E-state index is 14.7. The molecule has 0 spiro atoms. The lowest BCUT2D eigenvalue weighted by Gasteiger charge is -2.56. The van der Waals surface area contributed by atoms with Crippen LogP contribution in [0.15, 0.2) is 24.3 Å². The molecule has 2 aliphatic rings. The third-order valence-corrected chi connectivity index (χ3v) is 8.07. The Morgan fingerprint density at radius 1 is 1.08 bits per heavy atom. The number of hydrogen-bond donors (Lipinski definition) is 2. The number of aromatic amines is 1. The molecule has 2 saturated heterocycles. The van der Waals surface area contributed by atoms with Crippen LogP contribution in [-0.4, -0.2) is 74.0 Å². The SMILES string of the molecule is Cc1n[nH]c2nc(-c3ccc(O)cc3F)cc(CN3CC(C)(C)N(CC4CCOCC4)CC3(C)C)c12. The van der Waals surface area contributed by atoms with Gasteiger partial charge in [-0.25, -0.2) is 9.37 Å². The fourth-order valence-corrected chi connectivity index (χ4v) is 5.84. The molecular weight excluding hydrogens is 457 g/mol. The van der Waals surface area contributed by atoms with Gasteiger partial charge in [0.25, 0.3) is 0 Å². The van der Waals surface area contributed by atoms with E-state index < -0.39 is 5.82 Å². The number of nitrogens with one attached hydrogen (secondary N) is 1. The summed E-state index contributed by atoms with van der Waals surface area (Å²) in [6.45, 7) is 16.8. The second-order valence-electron chi connectivity index (χ2n) is 11.8. The minimum absolute atomic E-state index is 0.0251. The quantitative estimate of drug-likeness (QED) is 0.525. The lowest BCUT2D eigenvalue weighted by Crippen LogP contribution is -2.67.